The van der Waals surface area contributed by atoms with E-state index in [1.807, 2.05) is 19.1 Å². The molecule has 0 aromatic heterocycles. The second-order valence-corrected chi connectivity index (χ2v) is 11.6. The van der Waals surface area contributed by atoms with Gasteiger partial charge in [-0.3, -0.25) is 4.52 Å². The molecule has 0 N–H and O–H groups in total. The van der Waals surface area contributed by atoms with Crippen molar-refractivity contribution in [2.24, 2.45) is 17.8 Å². The van der Waals surface area contributed by atoms with Crippen LogP contribution in [-0.4, -0.2) is 31.4 Å². The van der Waals surface area contributed by atoms with E-state index in [0.717, 1.165) is 25.7 Å². The van der Waals surface area contributed by atoms with Crippen molar-refractivity contribution < 1.29 is 37.4 Å². The smallest absolute Gasteiger partial charge is 0.395 e. The number of phosphoric acid groups is 1. The fraction of sp³-hybridized carbons (Fsp3) is 0.556. The van der Waals surface area contributed by atoms with Crippen molar-refractivity contribution in [1.29, 1.82) is 0 Å². The van der Waals surface area contributed by atoms with Crippen LogP contribution in [-0.2, 0) is 28.3 Å². The average molecular weight is 519 g/mol. The minimum absolute atomic E-state index is 0.0120. The minimum Gasteiger partial charge on any atom is -0.395 e. The Labute approximate surface area is 212 Å². The lowest BCUT2D eigenvalue weighted by molar-refractivity contribution is -0.560. The molecule has 2 aromatic carbocycles. The van der Waals surface area contributed by atoms with Crippen LogP contribution < -0.4 is 9.05 Å². The van der Waals surface area contributed by atoms with E-state index < -0.39 is 25.5 Å². The summed E-state index contributed by atoms with van der Waals surface area (Å²) in [6, 6.07) is 17.8. The molecule has 3 saturated heterocycles. The van der Waals surface area contributed by atoms with Crippen LogP contribution in [0.25, 0.3) is 0 Å². The molecule has 1 saturated carbocycles. The quantitative estimate of drug-likeness (QED) is 0.274. The predicted molar refractivity (Wildman–Crippen MR) is 132 cm³/mol. The van der Waals surface area contributed by atoms with E-state index in [4.69, 9.17) is 32.8 Å². The second kappa shape index (κ2) is 10.4. The van der Waals surface area contributed by atoms with Crippen LogP contribution in [0.1, 0.15) is 46.0 Å². The van der Waals surface area contributed by atoms with Crippen LogP contribution in [0.2, 0.25) is 0 Å². The van der Waals surface area contributed by atoms with Crippen LogP contribution in [0.5, 0.6) is 11.5 Å². The first-order valence-electron chi connectivity index (χ1n) is 12.7. The molecule has 2 aromatic rings. The number of benzene rings is 2. The highest BCUT2D eigenvalue weighted by molar-refractivity contribution is 7.49. The number of methoxy groups -OCH3 is 1. The third-order valence-corrected chi connectivity index (χ3v) is 9.19. The third kappa shape index (κ3) is 4.95. The van der Waals surface area contributed by atoms with Crippen LogP contribution in [0, 0.1) is 17.8 Å². The predicted octanol–water partition coefficient (Wildman–Crippen LogP) is 6.52. The molecule has 4 fully saturated rings. The Kier molecular flexibility index (Phi) is 7.46. The molecule has 4 aliphatic rings. The molecule has 1 unspecified atom stereocenters. The fourth-order valence-corrected chi connectivity index (χ4v) is 7.01. The fourth-order valence-electron chi connectivity index (χ4n) is 5.78. The van der Waals surface area contributed by atoms with E-state index in [9.17, 15) is 4.57 Å². The highest BCUT2D eigenvalue weighted by Gasteiger charge is 2.65. The van der Waals surface area contributed by atoms with Gasteiger partial charge in [0, 0.05) is 13.0 Å². The lowest BCUT2D eigenvalue weighted by Crippen LogP contribution is -2.63. The Hall–Kier alpha value is -1.93. The molecule has 6 atom stereocenters. The van der Waals surface area contributed by atoms with Crippen LogP contribution in [0.15, 0.2) is 60.7 Å². The standard InChI is InChI=1S/C27H35O8P/c1-20-19-22-12-10-11-21(27(22)25(29-3)31-26(20,2)34-35-27)17-18-30-36(28,32-23-13-6-4-7-14-23)33-24-15-8-5-9-16-24/h4-9,13-16,20-22,25H,10-12,17-19H2,1-3H3/t20-,21-,22+,25-,26-,27?/m0/s1. The van der Waals surface area contributed by atoms with E-state index >= 15 is 0 Å². The molecule has 8 nitrogen and oxygen atoms in total. The monoisotopic (exact) mass is 518 g/mol. The number of para-hydroxylation sites is 2. The molecule has 3 aliphatic heterocycles. The topological polar surface area (TPSA) is 81.7 Å². The number of phosphoric ester groups is 1. The Bertz CT molecular complexity index is 1000. The SMILES string of the molecule is CO[C@H]1O[C@@]2(C)OOC13[C@H](CCOP(=O)(Oc1ccccc1)Oc1ccccc1)CCC[C@@H]3C[C@@H]2C. The normalized spacial score (nSPS) is 34.0. The van der Waals surface area contributed by atoms with Gasteiger partial charge < -0.3 is 18.5 Å². The van der Waals surface area contributed by atoms with Crippen LogP contribution >= 0.6 is 7.82 Å². The number of ether oxygens (including phenoxy) is 2. The van der Waals surface area contributed by atoms with Crippen LogP contribution in [0.4, 0.5) is 0 Å². The summed E-state index contributed by atoms with van der Waals surface area (Å²) in [5.41, 5.74) is -0.759. The molecule has 6 rings (SSSR count). The lowest BCUT2D eigenvalue weighted by Gasteiger charge is -2.53. The number of fused-ring (bicyclic) bond motifs is 3. The van der Waals surface area contributed by atoms with Gasteiger partial charge in [0.05, 0.1) is 6.61 Å². The molecule has 0 amide bonds. The first kappa shape index (κ1) is 25.7. The van der Waals surface area contributed by atoms with Crippen molar-refractivity contribution in [3.8, 4) is 11.5 Å². The first-order valence-corrected chi connectivity index (χ1v) is 14.1. The van der Waals surface area contributed by atoms with Gasteiger partial charge in [0.15, 0.2) is 11.9 Å². The van der Waals surface area contributed by atoms with Gasteiger partial charge in [0.1, 0.15) is 11.5 Å². The Morgan fingerprint density at radius 1 is 0.972 bits per heavy atom. The summed E-state index contributed by atoms with van der Waals surface area (Å²) in [5, 5.41) is 0. The second-order valence-electron chi connectivity index (χ2n) is 10.1. The van der Waals surface area contributed by atoms with Crippen molar-refractivity contribution in [1.82, 2.24) is 0 Å². The van der Waals surface area contributed by atoms with Gasteiger partial charge in [-0.1, -0.05) is 49.7 Å². The summed E-state index contributed by atoms with van der Waals surface area (Å²) in [6.07, 6.45) is 3.86. The van der Waals surface area contributed by atoms with Gasteiger partial charge in [-0.25, -0.2) is 14.3 Å². The molecule has 0 radical (unpaired) electrons. The van der Waals surface area contributed by atoms with Crippen molar-refractivity contribution in [3.63, 3.8) is 0 Å². The Morgan fingerprint density at radius 3 is 2.22 bits per heavy atom. The van der Waals surface area contributed by atoms with Gasteiger partial charge in [-0.05, 0) is 68.7 Å². The zero-order valence-electron chi connectivity index (χ0n) is 21.0. The maximum Gasteiger partial charge on any atom is 0.587 e. The van der Waals surface area contributed by atoms with Crippen molar-refractivity contribution in [2.45, 2.75) is 63.6 Å². The largest absolute Gasteiger partial charge is 0.587 e. The molecule has 196 valence electrons. The zero-order chi connectivity index (χ0) is 25.2. The summed E-state index contributed by atoms with van der Waals surface area (Å²) in [4.78, 5) is 12.1. The molecule has 1 aliphatic carbocycles. The Balaban J connectivity index is 1.33. The number of hydrogen-bond donors (Lipinski definition) is 0. The van der Waals surface area contributed by atoms with E-state index in [2.05, 4.69) is 6.92 Å². The van der Waals surface area contributed by atoms with Gasteiger partial charge >= 0.3 is 7.82 Å². The summed E-state index contributed by atoms with van der Waals surface area (Å²) in [6.45, 7) is 4.18. The minimum atomic E-state index is -3.97. The van der Waals surface area contributed by atoms with Crippen molar-refractivity contribution in [3.05, 3.63) is 60.7 Å². The molecule has 2 bridgehead atoms. The maximum absolute atomic E-state index is 13.7. The van der Waals surface area contributed by atoms with Crippen molar-refractivity contribution >= 4 is 7.82 Å². The van der Waals surface area contributed by atoms with E-state index in [-0.39, 0.29) is 24.4 Å². The molecular formula is C27H35O8P. The van der Waals surface area contributed by atoms with Gasteiger partial charge in [0.25, 0.3) is 0 Å². The lowest BCUT2D eigenvalue weighted by atomic mass is 9.65. The summed E-state index contributed by atoms with van der Waals surface area (Å²) < 4.78 is 43.3. The molecular weight excluding hydrogens is 483 g/mol. The number of rotatable bonds is 9. The molecule has 1 spiro atoms. The summed E-state index contributed by atoms with van der Waals surface area (Å²) in [7, 11) is -2.33. The molecule has 3 heterocycles. The first-order chi connectivity index (χ1) is 17.4. The summed E-state index contributed by atoms with van der Waals surface area (Å²) >= 11 is 0. The van der Waals surface area contributed by atoms with Crippen LogP contribution in [0.3, 0.4) is 0 Å². The Morgan fingerprint density at radius 2 is 1.61 bits per heavy atom. The van der Waals surface area contributed by atoms with Gasteiger partial charge in [0.2, 0.25) is 5.79 Å². The van der Waals surface area contributed by atoms with Gasteiger partial charge in [-0.2, -0.15) is 0 Å². The highest BCUT2D eigenvalue weighted by Crippen LogP contribution is 2.57. The average Bonchev–Trinajstić information content (AvgIpc) is 3.05. The third-order valence-electron chi connectivity index (χ3n) is 7.83. The summed E-state index contributed by atoms with van der Waals surface area (Å²) in [5.74, 6) is 0.334. The van der Waals surface area contributed by atoms with Crippen molar-refractivity contribution in [2.75, 3.05) is 13.7 Å². The van der Waals surface area contributed by atoms with E-state index in [1.165, 1.54) is 0 Å². The van der Waals surface area contributed by atoms with Gasteiger partial charge in [-0.15, -0.1) is 0 Å². The zero-order valence-corrected chi connectivity index (χ0v) is 21.9. The van der Waals surface area contributed by atoms with E-state index in [0.29, 0.717) is 17.9 Å². The maximum atomic E-state index is 13.7. The molecule has 36 heavy (non-hydrogen) atoms. The van der Waals surface area contributed by atoms with E-state index in [1.54, 1.807) is 55.6 Å². The number of hydrogen-bond acceptors (Lipinski definition) is 8. The molecule has 9 heteroatoms. The highest BCUT2D eigenvalue weighted by atomic mass is 31.2.